The van der Waals surface area contributed by atoms with Gasteiger partial charge >= 0.3 is 0 Å². The summed E-state index contributed by atoms with van der Waals surface area (Å²) >= 11 is 0. The number of benzene rings is 2. The smallest absolute Gasteiger partial charge is 0.0146 e. The molecule has 0 N–H and O–H groups in total. The molecule has 0 saturated carbocycles. The summed E-state index contributed by atoms with van der Waals surface area (Å²) in [6.07, 6.45) is 0. The van der Waals surface area contributed by atoms with E-state index in [1.807, 2.05) is 13.8 Å². The van der Waals surface area contributed by atoms with E-state index in [1.165, 1.54) is 33.4 Å². The van der Waals surface area contributed by atoms with Crippen molar-refractivity contribution >= 4 is 0 Å². The molecule has 114 valence electrons. The molecule has 0 aliphatic heterocycles. The molecule has 0 saturated heterocycles. The van der Waals surface area contributed by atoms with E-state index in [9.17, 15) is 0 Å². The minimum Gasteiger partial charge on any atom is -0.0683 e. The van der Waals surface area contributed by atoms with Gasteiger partial charge in [0.15, 0.2) is 0 Å². The van der Waals surface area contributed by atoms with Crippen LogP contribution in [0.15, 0.2) is 36.4 Å². The third kappa shape index (κ3) is 3.75. The first-order valence-electron chi connectivity index (χ1n) is 7.98. The Hall–Kier alpha value is -1.56. The molecule has 0 amide bonds. The second-order valence-corrected chi connectivity index (χ2v) is 6.22. The van der Waals surface area contributed by atoms with Gasteiger partial charge in [0, 0.05) is 5.41 Å². The van der Waals surface area contributed by atoms with Crippen molar-refractivity contribution in [2.24, 2.45) is 0 Å². The monoisotopic (exact) mass is 282 g/mol. The largest absolute Gasteiger partial charge is 0.0683 e. The standard InChI is InChI=1S/C19H24.C2H6/c1-13-7-9-17(11-15(13)3)19(5,6)18-10-8-14(2)16(4)12-18;1-2/h7-12H,1-6H3;1-2H3. The fraction of sp³-hybridized carbons (Fsp3) is 0.429. The van der Waals surface area contributed by atoms with Gasteiger partial charge in [0.05, 0.1) is 0 Å². The predicted octanol–water partition coefficient (Wildman–Crippen LogP) is 6.27. The second kappa shape index (κ2) is 6.93. The van der Waals surface area contributed by atoms with Crippen LogP contribution in [0.25, 0.3) is 0 Å². The first kappa shape index (κ1) is 17.5. The molecule has 0 heterocycles. The van der Waals surface area contributed by atoms with Crippen molar-refractivity contribution in [2.45, 2.75) is 60.8 Å². The Balaban J connectivity index is 0.00000106. The Bertz CT molecular complexity index is 550. The van der Waals surface area contributed by atoms with Gasteiger partial charge in [0.2, 0.25) is 0 Å². The lowest BCUT2D eigenvalue weighted by Gasteiger charge is -2.27. The van der Waals surface area contributed by atoms with Crippen molar-refractivity contribution in [2.75, 3.05) is 0 Å². The molecule has 0 aliphatic rings. The van der Waals surface area contributed by atoms with Crippen LogP contribution in [0.4, 0.5) is 0 Å². The SMILES string of the molecule is CC.Cc1ccc(C(C)(C)c2ccc(C)c(C)c2)cc1C. The van der Waals surface area contributed by atoms with E-state index in [4.69, 9.17) is 0 Å². The Labute approximate surface area is 131 Å². The van der Waals surface area contributed by atoms with Gasteiger partial charge in [-0.3, -0.25) is 0 Å². The third-order valence-electron chi connectivity index (χ3n) is 4.46. The summed E-state index contributed by atoms with van der Waals surface area (Å²) in [6.45, 7) is 17.3. The van der Waals surface area contributed by atoms with Crippen LogP contribution in [0.1, 0.15) is 61.1 Å². The van der Waals surface area contributed by atoms with Crippen molar-refractivity contribution in [1.29, 1.82) is 0 Å². The van der Waals surface area contributed by atoms with Gasteiger partial charge in [0.25, 0.3) is 0 Å². The fourth-order valence-corrected chi connectivity index (χ4v) is 2.43. The Morgan fingerprint density at radius 2 is 0.905 bits per heavy atom. The van der Waals surface area contributed by atoms with Crippen molar-refractivity contribution in [3.8, 4) is 0 Å². The Kier molecular flexibility index (Phi) is 5.78. The van der Waals surface area contributed by atoms with Crippen molar-refractivity contribution in [3.05, 3.63) is 69.8 Å². The summed E-state index contributed by atoms with van der Waals surface area (Å²) in [7, 11) is 0. The van der Waals surface area contributed by atoms with Gasteiger partial charge in [-0.25, -0.2) is 0 Å². The molecular formula is C21H30. The maximum Gasteiger partial charge on any atom is 0.0146 e. The van der Waals surface area contributed by atoms with Crippen LogP contribution in [0.5, 0.6) is 0 Å². The summed E-state index contributed by atoms with van der Waals surface area (Å²) in [5, 5.41) is 0. The van der Waals surface area contributed by atoms with E-state index in [-0.39, 0.29) is 5.41 Å². The van der Waals surface area contributed by atoms with Crippen molar-refractivity contribution < 1.29 is 0 Å². The lowest BCUT2D eigenvalue weighted by atomic mass is 9.76. The van der Waals surface area contributed by atoms with Gasteiger partial charge in [-0.05, 0) is 61.1 Å². The average Bonchev–Trinajstić information content (AvgIpc) is 2.46. The molecule has 2 rings (SSSR count). The van der Waals surface area contributed by atoms with Crippen LogP contribution in [0, 0.1) is 27.7 Å². The first-order valence-corrected chi connectivity index (χ1v) is 7.98. The lowest BCUT2D eigenvalue weighted by molar-refractivity contribution is 0.639. The van der Waals surface area contributed by atoms with Gasteiger partial charge in [-0.15, -0.1) is 0 Å². The number of aryl methyl sites for hydroxylation is 4. The van der Waals surface area contributed by atoms with Crippen LogP contribution in [0.2, 0.25) is 0 Å². The molecule has 0 bridgehead atoms. The molecule has 0 aromatic heterocycles. The minimum atomic E-state index is 0.0525. The first-order chi connectivity index (χ1) is 9.82. The molecule has 21 heavy (non-hydrogen) atoms. The molecular weight excluding hydrogens is 252 g/mol. The molecule has 0 fully saturated rings. The molecule has 0 spiro atoms. The maximum atomic E-state index is 2.32. The zero-order valence-corrected chi connectivity index (χ0v) is 15.0. The van der Waals surface area contributed by atoms with E-state index in [0.29, 0.717) is 0 Å². The predicted molar refractivity (Wildman–Crippen MR) is 95.3 cm³/mol. The Morgan fingerprint density at radius 3 is 1.19 bits per heavy atom. The van der Waals surface area contributed by atoms with Crippen molar-refractivity contribution in [1.82, 2.24) is 0 Å². The van der Waals surface area contributed by atoms with Crippen LogP contribution >= 0.6 is 0 Å². The molecule has 0 radical (unpaired) electrons. The average molecular weight is 282 g/mol. The summed E-state index contributed by atoms with van der Waals surface area (Å²) < 4.78 is 0. The minimum absolute atomic E-state index is 0.0525. The molecule has 2 aromatic carbocycles. The Morgan fingerprint density at radius 1 is 0.571 bits per heavy atom. The van der Waals surface area contributed by atoms with E-state index in [1.54, 1.807) is 0 Å². The molecule has 2 aromatic rings. The summed E-state index contributed by atoms with van der Waals surface area (Å²) in [5.74, 6) is 0. The zero-order valence-electron chi connectivity index (χ0n) is 15.0. The zero-order chi connectivity index (χ0) is 16.2. The fourth-order valence-electron chi connectivity index (χ4n) is 2.43. The van der Waals surface area contributed by atoms with E-state index < -0.39 is 0 Å². The molecule has 0 unspecified atom stereocenters. The second-order valence-electron chi connectivity index (χ2n) is 6.22. The summed E-state index contributed by atoms with van der Waals surface area (Å²) in [6, 6.07) is 13.6. The van der Waals surface area contributed by atoms with Crippen molar-refractivity contribution in [3.63, 3.8) is 0 Å². The quantitative estimate of drug-likeness (QED) is 0.608. The third-order valence-corrected chi connectivity index (χ3v) is 4.46. The topological polar surface area (TPSA) is 0 Å². The number of hydrogen-bond donors (Lipinski definition) is 0. The summed E-state index contributed by atoms with van der Waals surface area (Å²) in [4.78, 5) is 0. The molecule has 0 heteroatoms. The van der Waals surface area contributed by atoms with Gasteiger partial charge < -0.3 is 0 Å². The van der Waals surface area contributed by atoms with Crippen LogP contribution in [-0.2, 0) is 5.41 Å². The normalized spacial score (nSPS) is 10.9. The molecule has 0 nitrogen and oxygen atoms in total. The number of rotatable bonds is 2. The van der Waals surface area contributed by atoms with Gasteiger partial charge in [0.1, 0.15) is 0 Å². The highest BCUT2D eigenvalue weighted by Gasteiger charge is 2.23. The summed E-state index contributed by atoms with van der Waals surface area (Å²) in [5.41, 5.74) is 8.29. The maximum absolute atomic E-state index is 2.32. The van der Waals surface area contributed by atoms with E-state index in [2.05, 4.69) is 77.9 Å². The number of hydrogen-bond acceptors (Lipinski definition) is 0. The van der Waals surface area contributed by atoms with Crippen LogP contribution < -0.4 is 0 Å². The molecule has 0 atom stereocenters. The van der Waals surface area contributed by atoms with Gasteiger partial charge in [-0.1, -0.05) is 64.1 Å². The highest BCUT2D eigenvalue weighted by Crippen LogP contribution is 2.33. The van der Waals surface area contributed by atoms with E-state index in [0.717, 1.165) is 0 Å². The highest BCUT2D eigenvalue weighted by molar-refractivity contribution is 5.43. The van der Waals surface area contributed by atoms with Gasteiger partial charge in [-0.2, -0.15) is 0 Å². The van der Waals surface area contributed by atoms with Crippen LogP contribution in [-0.4, -0.2) is 0 Å². The van der Waals surface area contributed by atoms with Crippen LogP contribution in [0.3, 0.4) is 0 Å². The lowest BCUT2D eigenvalue weighted by Crippen LogP contribution is -2.19. The highest BCUT2D eigenvalue weighted by atomic mass is 14.3. The molecule has 0 aliphatic carbocycles. The van der Waals surface area contributed by atoms with E-state index >= 15 is 0 Å².